The Morgan fingerprint density at radius 1 is 1.07 bits per heavy atom. The first-order chi connectivity index (χ1) is 6.93. The van der Waals surface area contributed by atoms with Gasteiger partial charge in [-0.3, -0.25) is 0 Å². The molecule has 1 heteroatoms. The Balaban J connectivity index is 2.21. The maximum atomic E-state index is 5.32. The quantitative estimate of drug-likeness (QED) is 0.585. The molecule has 70 valence electrons. The minimum absolute atomic E-state index is 0.523. The van der Waals surface area contributed by atoms with Crippen LogP contribution in [-0.2, 0) is 4.74 Å². The highest BCUT2D eigenvalue weighted by Crippen LogP contribution is 2.22. The third-order valence-corrected chi connectivity index (χ3v) is 2.94. The topological polar surface area (TPSA) is 9.23 Å². The van der Waals surface area contributed by atoms with Gasteiger partial charge in [0.2, 0.25) is 0 Å². The second-order valence-electron chi connectivity index (χ2n) is 3.87. The van der Waals surface area contributed by atoms with E-state index in [4.69, 9.17) is 4.74 Å². The summed E-state index contributed by atoms with van der Waals surface area (Å²) in [5, 5.41) is 2.69. The van der Waals surface area contributed by atoms with Crippen molar-refractivity contribution in [3.8, 4) is 0 Å². The van der Waals surface area contributed by atoms with Gasteiger partial charge in [-0.05, 0) is 16.5 Å². The zero-order valence-corrected chi connectivity index (χ0v) is 7.89. The SMILES string of the molecule is C1=CC2C=c3ccccc3=CC2CO1. The van der Waals surface area contributed by atoms with Crippen LogP contribution in [0.1, 0.15) is 0 Å². The number of fused-ring (bicyclic) bond motifs is 2. The Hall–Kier alpha value is -1.50. The zero-order chi connectivity index (χ0) is 9.38. The molecule has 1 nitrogen and oxygen atoms in total. The van der Waals surface area contributed by atoms with Gasteiger partial charge in [-0.1, -0.05) is 36.4 Å². The second-order valence-corrected chi connectivity index (χ2v) is 3.87. The van der Waals surface area contributed by atoms with E-state index in [1.165, 1.54) is 10.4 Å². The van der Waals surface area contributed by atoms with Gasteiger partial charge in [0.05, 0.1) is 12.9 Å². The number of allylic oxidation sites excluding steroid dienone is 1. The Morgan fingerprint density at radius 2 is 1.86 bits per heavy atom. The molecular formula is C13H12O. The predicted molar refractivity (Wildman–Crippen MR) is 56.7 cm³/mol. The molecule has 1 aromatic rings. The van der Waals surface area contributed by atoms with E-state index in [2.05, 4.69) is 42.5 Å². The summed E-state index contributed by atoms with van der Waals surface area (Å²) in [7, 11) is 0. The van der Waals surface area contributed by atoms with Gasteiger partial charge >= 0.3 is 0 Å². The van der Waals surface area contributed by atoms with Crippen molar-refractivity contribution < 1.29 is 4.74 Å². The van der Waals surface area contributed by atoms with E-state index in [1.807, 2.05) is 6.26 Å². The van der Waals surface area contributed by atoms with Crippen LogP contribution in [0.2, 0.25) is 0 Å². The normalized spacial score (nSPS) is 27.7. The number of ether oxygens (including phenoxy) is 1. The summed E-state index contributed by atoms with van der Waals surface area (Å²) in [6.07, 6.45) is 8.61. The third-order valence-electron chi connectivity index (χ3n) is 2.94. The first-order valence-electron chi connectivity index (χ1n) is 5.00. The van der Waals surface area contributed by atoms with Crippen LogP contribution in [0.5, 0.6) is 0 Å². The molecule has 0 aromatic heterocycles. The van der Waals surface area contributed by atoms with Gasteiger partial charge in [-0.15, -0.1) is 0 Å². The monoisotopic (exact) mass is 184 g/mol. The lowest BCUT2D eigenvalue weighted by Crippen LogP contribution is -2.34. The van der Waals surface area contributed by atoms with Gasteiger partial charge in [0.25, 0.3) is 0 Å². The van der Waals surface area contributed by atoms with Crippen molar-refractivity contribution >= 4 is 12.2 Å². The zero-order valence-electron chi connectivity index (χ0n) is 7.89. The van der Waals surface area contributed by atoms with Crippen molar-refractivity contribution in [2.75, 3.05) is 6.61 Å². The second kappa shape index (κ2) is 3.02. The van der Waals surface area contributed by atoms with Gasteiger partial charge in [0.1, 0.15) is 0 Å². The Morgan fingerprint density at radius 3 is 2.71 bits per heavy atom. The van der Waals surface area contributed by atoms with Crippen molar-refractivity contribution in [3.05, 3.63) is 47.0 Å². The molecule has 0 spiro atoms. The van der Waals surface area contributed by atoms with Crippen LogP contribution in [0, 0.1) is 11.8 Å². The fourth-order valence-electron chi connectivity index (χ4n) is 2.16. The highest BCUT2D eigenvalue weighted by molar-refractivity contribution is 5.46. The number of benzene rings is 1. The van der Waals surface area contributed by atoms with Crippen LogP contribution in [0.4, 0.5) is 0 Å². The van der Waals surface area contributed by atoms with E-state index in [1.54, 1.807) is 0 Å². The Labute approximate surface area is 83.0 Å². The molecule has 0 saturated heterocycles. The minimum atomic E-state index is 0.523. The largest absolute Gasteiger partial charge is 0.501 e. The molecule has 0 fully saturated rings. The summed E-state index contributed by atoms with van der Waals surface area (Å²) >= 11 is 0. The highest BCUT2D eigenvalue weighted by atomic mass is 16.5. The van der Waals surface area contributed by atoms with E-state index >= 15 is 0 Å². The molecule has 0 bridgehead atoms. The van der Waals surface area contributed by atoms with Gasteiger partial charge in [0, 0.05) is 11.8 Å². The summed E-state index contributed by atoms with van der Waals surface area (Å²) < 4.78 is 5.32. The molecule has 0 saturated carbocycles. The minimum Gasteiger partial charge on any atom is -0.501 e. The maximum Gasteiger partial charge on any atom is 0.0944 e. The molecule has 1 heterocycles. The fraction of sp³-hybridized carbons (Fsp3) is 0.231. The Kier molecular flexibility index (Phi) is 1.69. The van der Waals surface area contributed by atoms with Gasteiger partial charge in [-0.2, -0.15) is 0 Å². The molecule has 0 amide bonds. The smallest absolute Gasteiger partial charge is 0.0944 e. The summed E-state index contributed by atoms with van der Waals surface area (Å²) in [4.78, 5) is 0. The van der Waals surface area contributed by atoms with Crippen molar-refractivity contribution in [1.82, 2.24) is 0 Å². The van der Waals surface area contributed by atoms with Crippen molar-refractivity contribution in [2.45, 2.75) is 0 Å². The van der Waals surface area contributed by atoms with Crippen molar-refractivity contribution in [2.24, 2.45) is 11.8 Å². The average molecular weight is 184 g/mol. The van der Waals surface area contributed by atoms with E-state index < -0.39 is 0 Å². The molecule has 2 unspecified atom stereocenters. The predicted octanol–water partition coefficient (Wildman–Crippen LogP) is 1.04. The van der Waals surface area contributed by atoms with Crippen LogP contribution in [-0.4, -0.2) is 6.61 Å². The number of hydrogen-bond donors (Lipinski definition) is 0. The molecule has 1 aliphatic heterocycles. The Bertz CT molecular complexity index is 484. The van der Waals surface area contributed by atoms with E-state index in [-0.39, 0.29) is 0 Å². The van der Waals surface area contributed by atoms with Gasteiger partial charge in [0.15, 0.2) is 0 Å². The van der Waals surface area contributed by atoms with Crippen LogP contribution in [0.3, 0.4) is 0 Å². The third kappa shape index (κ3) is 1.17. The summed E-state index contributed by atoms with van der Waals surface area (Å²) in [6, 6.07) is 8.52. The van der Waals surface area contributed by atoms with E-state index in [9.17, 15) is 0 Å². The summed E-state index contributed by atoms with van der Waals surface area (Å²) in [5.41, 5.74) is 0. The summed E-state index contributed by atoms with van der Waals surface area (Å²) in [6.45, 7) is 0.812. The lowest BCUT2D eigenvalue weighted by Gasteiger charge is -2.24. The molecule has 0 N–H and O–H groups in total. The first kappa shape index (κ1) is 7.86. The van der Waals surface area contributed by atoms with E-state index in [0.717, 1.165) is 6.61 Å². The molecule has 14 heavy (non-hydrogen) atoms. The highest BCUT2D eigenvalue weighted by Gasteiger charge is 2.20. The molecule has 3 rings (SSSR count). The molecule has 1 aliphatic carbocycles. The molecule has 0 radical (unpaired) electrons. The maximum absolute atomic E-state index is 5.32. The summed E-state index contributed by atoms with van der Waals surface area (Å²) in [5.74, 6) is 1.05. The van der Waals surface area contributed by atoms with Crippen molar-refractivity contribution in [3.63, 3.8) is 0 Å². The lowest BCUT2D eigenvalue weighted by molar-refractivity contribution is 0.191. The first-order valence-corrected chi connectivity index (χ1v) is 5.00. The number of hydrogen-bond acceptors (Lipinski definition) is 1. The molecule has 2 aliphatic rings. The van der Waals surface area contributed by atoms with Crippen molar-refractivity contribution in [1.29, 1.82) is 0 Å². The van der Waals surface area contributed by atoms with E-state index in [0.29, 0.717) is 11.8 Å². The van der Waals surface area contributed by atoms with Gasteiger partial charge < -0.3 is 4.74 Å². The van der Waals surface area contributed by atoms with Crippen LogP contribution >= 0.6 is 0 Å². The fourth-order valence-corrected chi connectivity index (χ4v) is 2.16. The van der Waals surface area contributed by atoms with Gasteiger partial charge in [-0.25, -0.2) is 0 Å². The lowest BCUT2D eigenvalue weighted by atomic mass is 9.86. The molecule has 2 atom stereocenters. The van der Waals surface area contributed by atoms with Crippen LogP contribution < -0.4 is 10.4 Å². The molecular weight excluding hydrogens is 172 g/mol. The van der Waals surface area contributed by atoms with Crippen LogP contribution in [0.15, 0.2) is 36.6 Å². The average Bonchev–Trinajstić information content (AvgIpc) is 2.26. The number of rotatable bonds is 0. The standard InChI is InChI=1S/C13H12O/c1-2-4-11-8-13-9-14-6-5-12(13)7-10(11)3-1/h1-8,12-13H,9H2. The van der Waals surface area contributed by atoms with Crippen LogP contribution in [0.25, 0.3) is 12.2 Å². The molecule has 1 aromatic carbocycles.